The van der Waals surface area contributed by atoms with Crippen LogP contribution in [0.25, 0.3) is 11.1 Å². The van der Waals surface area contributed by atoms with Crippen LogP contribution in [0.2, 0.25) is 0 Å². The van der Waals surface area contributed by atoms with Crippen LogP contribution in [0.4, 0.5) is 10.5 Å². The predicted molar refractivity (Wildman–Crippen MR) is 120 cm³/mol. The Balaban J connectivity index is 1.30. The number of carbonyl (C=O) groups excluding carboxylic acids is 1. The fourth-order valence-electron chi connectivity index (χ4n) is 4.02. The lowest BCUT2D eigenvalue weighted by molar-refractivity contribution is 0.158. The molecule has 0 atom stereocenters. The van der Waals surface area contributed by atoms with Gasteiger partial charge in [0.1, 0.15) is 12.4 Å². The first kappa shape index (κ1) is 20.5. The minimum absolute atomic E-state index is 0.0269. The van der Waals surface area contributed by atoms with Crippen molar-refractivity contribution < 1.29 is 23.1 Å². The average Bonchev–Trinajstić information content (AvgIpc) is 3.53. The fraction of sp³-hybridized carbons (Fsp3) is 0.208. The number of hydrogen-bond donors (Lipinski definition) is 3. The molecule has 3 N–H and O–H groups in total. The van der Waals surface area contributed by atoms with Crippen molar-refractivity contribution in [3.63, 3.8) is 0 Å². The van der Waals surface area contributed by atoms with Crippen LogP contribution in [0.5, 0.6) is 5.75 Å². The lowest BCUT2D eigenvalue weighted by Crippen LogP contribution is -2.26. The first-order chi connectivity index (χ1) is 15.4. The third kappa shape index (κ3) is 3.94. The molecule has 0 heterocycles. The topological polar surface area (TPSA) is 105 Å². The number of anilines is 1. The third-order valence-electron chi connectivity index (χ3n) is 5.76. The number of phenolic OH excluding ortho intramolecular Hbond substituents is 1. The van der Waals surface area contributed by atoms with Gasteiger partial charge in [-0.1, -0.05) is 48.5 Å². The van der Waals surface area contributed by atoms with Gasteiger partial charge in [0.25, 0.3) is 0 Å². The van der Waals surface area contributed by atoms with Gasteiger partial charge in [0.2, 0.25) is 10.0 Å². The van der Waals surface area contributed by atoms with Gasteiger partial charge in [-0.05, 0) is 53.3 Å². The molecule has 0 aliphatic heterocycles. The van der Waals surface area contributed by atoms with E-state index in [1.165, 1.54) is 18.2 Å². The molecule has 0 radical (unpaired) electrons. The molecule has 7 nitrogen and oxygen atoms in total. The summed E-state index contributed by atoms with van der Waals surface area (Å²) in [6, 6.07) is 19.7. The molecule has 1 amide bonds. The Morgan fingerprint density at radius 1 is 0.969 bits per heavy atom. The van der Waals surface area contributed by atoms with Crippen LogP contribution in [0, 0.1) is 0 Å². The Hall–Kier alpha value is -3.36. The van der Waals surface area contributed by atoms with Gasteiger partial charge in [0, 0.05) is 12.0 Å². The minimum Gasteiger partial charge on any atom is -0.506 e. The highest BCUT2D eigenvalue weighted by molar-refractivity contribution is 7.89. The van der Waals surface area contributed by atoms with Gasteiger partial charge in [-0.15, -0.1) is 0 Å². The Bertz CT molecular complexity index is 1260. The van der Waals surface area contributed by atoms with E-state index in [2.05, 4.69) is 10.0 Å². The lowest BCUT2D eigenvalue weighted by atomic mass is 9.98. The van der Waals surface area contributed by atoms with Crippen molar-refractivity contribution in [1.29, 1.82) is 0 Å². The third-order valence-corrected chi connectivity index (χ3v) is 7.28. The normalized spacial score (nSPS) is 15.1. The van der Waals surface area contributed by atoms with E-state index in [0.717, 1.165) is 35.1 Å². The fourth-order valence-corrected chi connectivity index (χ4v) is 5.35. The highest BCUT2D eigenvalue weighted by atomic mass is 32.2. The van der Waals surface area contributed by atoms with Crippen molar-refractivity contribution in [2.45, 2.75) is 29.7 Å². The summed E-state index contributed by atoms with van der Waals surface area (Å²) in [4.78, 5) is 12.5. The predicted octanol–water partition coefficient (Wildman–Crippen LogP) is 4.19. The zero-order valence-electron chi connectivity index (χ0n) is 17.1. The lowest BCUT2D eigenvalue weighted by Gasteiger charge is -2.15. The van der Waals surface area contributed by atoms with Crippen molar-refractivity contribution in [2.24, 2.45) is 0 Å². The van der Waals surface area contributed by atoms with Crippen molar-refractivity contribution >= 4 is 21.8 Å². The Morgan fingerprint density at radius 3 is 2.22 bits per heavy atom. The van der Waals surface area contributed by atoms with Crippen molar-refractivity contribution in [1.82, 2.24) is 4.72 Å². The average molecular weight is 451 g/mol. The number of hydrogen-bond acceptors (Lipinski definition) is 5. The summed E-state index contributed by atoms with van der Waals surface area (Å²) in [5.41, 5.74) is 4.39. The molecule has 8 heteroatoms. The van der Waals surface area contributed by atoms with Crippen LogP contribution < -0.4 is 10.0 Å². The number of nitrogens with one attached hydrogen (secondary N) is 2. The van der Waals surface area contributed by atoms with E-state index in [0.29, 0.717) is 0 Å². The summed E-state index contributed by atoms with van der Waals surface area (Å²) in [7, 11) is -3.72. The Morgan fingerprint density at radius 2 is 1.59 bits per heavy atom. The molecule has 0 saturated heterocycles. The molecular weight excluding hydrogens is 428 g/mol. The minimum atomic E-state index is -3.72. The number of fused-ring (bicyclic) bond motifs is 3. The molecule has 1 fully saturated rings. The second-order valence-electron chi connectivity index (χ2n) is 8.03. The van der Waals surface area contributed by atoms with Gasteiger partial charge in [-0.25, -0.2) is 17.9 Å². The van der Waals surface area contributed by atoms with Gasteiger partial charge in [0.15, 0.2) is 0 Å². The monoisotopic (exact) mass is 450 g/mol. The van der Waals surface area contributed by atoms with E-state index in [9.17, 15) is 18.3 Å². The SMILES string of the molecule is O=C(Nc1cc(S(=O)(=O)NC2CC2)ccc1O)OCC1c2ccccc2-c2ccccc21. The van der Waals surface area contributed by atoms with Crippen molar-refractivity contribution in [3.05, 3.63) is 77.9 Å². The summed E-state index contributed by atoms with van der Waals surface area (Å²) < 4.78 is 32.9. The molecule has 2 aliphatic rings. The molecule has 0 spiro atoms. The van der Waals surface area contributed by atoms with E-state index < -0.39 is 16.1 Å². The van der Waals surface area contributed by atoms with E-state index >= 15 is 0 Å². The number of benzene rings is 3. The van der Waals surface area contributed by atoms with Crippen LogP contribution in [0.15, 0.2) is 71.6 Å². The summed E-state index contributed by atoms with van der Waals surface area (Å²) in [6.45, 7) is 0.113. The molecule has 3 aromatic carbocycles. The van der Waals surface area contributed by atoms with Gasteiger partial charge >= 0.3 is 6.09 Å². The summed E-state index contributed by atoms with van der Waals surface area (Å²) >= 11 is 0. The largest absolute Gasteiger partial charge is 0.506 e. The number of aromatic hydroxyl groups is 1. The van der Waals surface area contributed by atoms with Crippen molar-refractivity contribution in [3.8, 4) is 16.9 Å². The van der Waals surface area contributed by atoms with Crippen LogP contribution in [-0.4, -0.2) is 32.3 Å². The van der Waals surface area contributed by atoms with Gasteiger partial charge in [-0.3, -0.25) is 5.32 Å². The molecule has 32 heavy (non-hydrogen) atoms. The molecule has 0 bridgehead atoms. The van der Waals surface area contributed by atoms with Crippen molar-refractivity contribution in [2.75, 3.05) is 11.9 Å². The number of amides is 1. The highest BCUT2D eigenvalue weighted by Gasteiger charge is 2.30. The van der Waals surface area contributed by atoms with Crippen LogP contribution in [0.3, 0.4) is 0 Å². The molecule has 0 aromatic heterocycles. The number of phenols is 1. The molecule has 1 saturated carbocycles. The standard InChI is InChI=1S/C24H22N2O5S/c27-23-12-11-16(32(29,30)26-15-9-10-15)13-22(23)25-24(28)31-14-21-19-7-3-1-5-17(19)18-6-2-4-8-20(18)21/h1-8,11-13,15,21,26-27H,9-10,14H2,(H,25,28). The van der Waals surface area contributed by atoms with E-state index in [1.54, 1.807) is 0 Å². The van der Waals surface area contributed by atoms with Crippen LogP contribution >= 0.6 is 0 Å². The number of rotatable bonds is 6. The summed E-state index contributed by atoms with van der Waals surface area (Å²) in [6.07, 6.45) is 0.844. The summed E-state index contributed by atoms with van der Waals surface area (Å²) in [5.74, 6) is -0.347. The maximum absolute atomic E-state index is 12.5. The van der Waals surface area contributed by atoms with Crippen LogP contribution in [-0.2, 0) is 14.8 Å². The van der Waals surface area contributed by atoms with Crippen LogP contribution in [0.1, 0.15) is 29.9 Å². The smallest absolute Gasteiger partial charge is 0.411 e. The first-order valence-corrected chi connectivity index (χ1v) is 11.9. The molecular formula is C24H22N2O5S. The Labute approximate surface area is 186 Å². The quantitative estimate of drug-likeness (QED) is 0.489. The van der Waals surface area contributed by atoms with Gasteiger partial charge in [0.05, 0.1) is 10.6 Å². The van der Waals surface area contributed by atoms with E-state index in [1.807, 2.05) is 48.5 Å². The first-order valence-electron chi connectivity index (χ1n) is 10.4. The van der Waals surface area contributed by atoms with E-state index in [-0.39, 0.29) is 34.9 Å². The number of carbonyl (C=O) groups is 1. The number of ether oxygens (including phenoxy) is 1. The molecule has 2 aliphatic carbocycles. The Kier molecular flexibility index (Phi) is 5.11. The second kappa shape index (κ2) is 7.96. The molecule has 5 rings (SSSR count). The highest BCUT2D eigenvalue weighted by Crippen LogP contribution is 2.44. The number of sulfonamides is 1. The van der Waals surface area contributed by atoms with E-state index in [4.69, 9.17) is 4.74 Å². The van der Waals surface area contributed by atoms with Gasteiger partial charge < -0.3 is 9.84 Å². The maximum Gasteiger partial charge on any atom is 0.411 e. The second-order valence-corrected chi connectivity index (χ2v) is 9.74. The van der Waals surface area contributed by atoms with Gasteiger partial charge in [-0.2, -0.15) is 0 Å². The molecule has 0 unspecified atom stereocenters. The molecule has 164 valence electrons. The zero-order chi connectivity index (χ0) is 22.3. The maximum atomic E-state index is 12.5. The molecule has 3 aromatic rings. The summed E-state index contributed by atoms with van der Waals surface area (Å²) in [5, 5.41) is 12.6. The zero-order valence-corrected chi connectivity index (χ0v) is 17.9.